The highest BCUT2D eigenvalue weighted by Crippen LogP contribution is 2.22. The summed E-state index contributed by atoms with van der Waals surface area (Å²) in [5, 5.41) is 9.21. The highest BCUT2D eigenvalue weighted by Gasteiger charge is 2.01. The molecule has 0 spiro atoms. The van der Waals surface area contributed by atoms with Gasteiger partial charge in [-0.15, -0.1) is 0 Å². The monoisotopic (exact) mass is 265 g/mol. The van der Waals surface area contributed by atoms with Crippen LogP contribution in [0.3, 0.4) is 0 Å². The van der Waals surface area contributed by atoms with Crippen LogP contribution in [0.2, 0.25) is 5.02 Å². The topological polar surface area (TPSA) is 33.0 Å². The molecule has 0 heterocycles. The van der Waals surface area contributed by atoms with Gasteiger partial charge in [-0.1, -0.05) is 50.6 Å². The van der Waals surface area contributed by atoms with E-state index in [-0.39, 0.29) is 0 Å². The first kappa shape index (κ1) is 14.9. The van der Waals surface area contributed by atoms with Crippen LogP contribution >= 0.6 is 11.6 Å². The molecule has 1 aromatic rings. The molecular weight excluding hydrogens is 246 g/mol. The first-order valence-electron chi connectivity index (χ1n) is 6.60. The lowest BCUT2D eigenvalue weighted by Gasteiger charge is -2.06. The number of rotatable bonds is 8. The van der Waals surface area contributed by atoms with Crippen LogP contribution in [0.25, 0.3) is 0 Å². The summed E-state index contributed by atoms with van der Waals surface area (Å²) in [6.07, 6.45) is 7.49. The van der Waals surface area contributed by atoms with Gasteiger partial charge >= 0.3 is 0 Å². The molecule has 98 valence electrons. The molecule has 0 amide bonds. The maximum Gasteiger partial charge on any atom is 0.120 e. The van der Waals surface area contributed by atoms with Gasteiger partial charge in [-0.05, 0) is 18.6 Å². The van der Waals surface area contributed by atoms with Gasteiger partial charge in [0.15, 0.2) is 0 Å². The number of unbranched alkanes of at least 4 members (excludes halogenated alkanes) is 5. The fraction of sp³-hybridized carbons (Fsp3) is 0.533. The van der Waals surface area contributed by atoms with Gasteiger partial charge in [-0.3, -0.25) is 0 Å². The molecule has 1 aromatic carbocycles. The zero-order valence-corrected chi connectivity index (χ0v) is 11.7. The van der Waals surface area contributed by atoms with E-state index < -0.39 is 0 Å². The van der Waals surface area contributed by atoms with Crippen molar-refractivity contribution in [2.45, 2.75) is 45.4 Å². The van der Waals surface area contributed by atoms with Gasteiger partial charge in [0.2, 0.25) is 0 Å². The Morgan fingerprint density at radius 3 is 2.56 bits per heavy atom. The summed E-state index contributed by atoms with van der Waals surface area (Å²) in [6, 6.07) is 7.22. The third kappa shape index (κ3) is 5.42. The second-order valence-electron chi connectivity index (χ2n) is 4.37. The summed E-state index contributed by atoms with van der Waals surface area (Å²) < 4.78 is 5.60. The normalized spacial score (nSPS) is 10.1. The number of nitriles is 1. The molecule has 2 nitrogen and oxygen atoms in total. The highest BCUT2D eigenvalue weighted by atomic mass is 35.5. The van der Waals surface area contributed by atoms with Crippen LogP contribution in [0.5, 0.6) is 5.75 Å². The maximum absolute atomic E-state index is 8.75. The fourth-order valence-electron chi connectivity index (χ4n) is 1.75. The third-order valence-corrected chi connectivity index (χ3v) is 3.14. The Hall–Kier alpha value is -1.20. The van der Waals surface area contributed by atoms with Crippen molar-refractivity contribution >= 4 is 11.6 Å². The van der Waals surface area contributed by atoms with Crippen molar-refractivity contribution in [3.63, 3.8) is 0 Å². The number of halogens is 1. The number of ether oxygens (including phenoxy) is 1. The third-order valence-electron chi connectivity index (χ3n) is 2.83. The molecule has 0 aliphatic heterocycles. The summed E-state index contributed by atoms with van der Waals surface area (Å²) in [5.41, 5.74) is 0.489. The molecule has 1 rings (SSSR count). The molecule has 0 saturated carbocycles. The van der Waals surface area contributed by atoms with Crippen molar-refractivity contribution in [3.05, 3.63) is 28.8 Å². The average Bonchev–Trinajstić information content (AvgIpc) is 2.38. The van der Waals surface area contributed by atoms with E-state index in [0.717, 1.165) is 12.2 Å². The molecule has 0 aliphatic carbocycles. The maximum atomic E-state index is 8.75. The fourth-order valence-corrected chi connectivity index (χ4v) is 1.96. The molecule has 0 aromatic heterocycles. The van der Waals surface area contributed by atoms with Crippen LogP contribution in [-0.2, 0) is 0 Å². The standard InChI is InChI=1S/C15H20ClNO/c1-2-3-4-5-6-7-10-18-14-9-8-13(12-17)15(16)11-14/h8-9,11H,2-7,10H2,1H3. The average molecular weight is 266 g/mol. The van der Waals surface area contributed by atoms with Crippen LogP contribution in [0.1, 0.15) is 51.0 Å². The Morgan fingerprint density at radius 2 is 1.89 bits per heavy atom. The van der Waals surface area contributed by atoms with Gasteiger partial charge < -0.3 is 4.74 Å². The van der Waals surface area contributed by atoms with E-state index in [9.17, 15) is 0 Å². The minimum atomic E-state index is 0.456. The van der Waals surface area contributed by atoms with Crippen molar-refractivity contribution in [1.82, 2.24) is 0 Å². The number of hydrogen-bond donors (Lipinski definition) is 0. The van der Waals surface area contributed by atoms with E-state index >= 15 is 0 Å². The predicted octanol–water partition coefficient (Wildman–Crippen LogP) is 4.95. The minimum absolute atomic E-state index is 0.456. The summed E-state index contributed by atoms with van der Waals surface area (Å²) in [5.74, 6) is 0.743. The Balaban J connectivity index is 2.20. The van der Waals surface area contributed by atoms with E-state index in [0.29, 0.717) is 17.2 Å². The molecule has 0 aliphatic rings. The van der Waals surface area contributed by atoms with Crippen molar-refractivity contribution in [2.24, 2.45) is 0 Å². The van der Waals surface area contributed by atoms with E-state index in [1.54, 1.807) is 18.2 Å². The molecule has 18 heavy (non-hydrogen) atoms. The zero-order chi connectivity index (χ0) is 13.2. The van der Waals surface area contributed by atoms with Crippen molar-refractivity contribution < 1.29 is 4.74 Å². The predicted molar refractivity (Wildman–Crippen MR) is 75.0 cm³/mol. The van der Waals surface area contributed by atoms with Gasteiger partial charge in [-0.2, -0.15) is 5.26 Å². The van der Waals surface area contributed by atoms with E-state index in [4.69, 9.17) is 21.6 Å². The highest BCUT2D eigenvalue weighted by molar-refractivity contribution is 6.31. The van der Waals surface area contributed by atoms with Crippen molar-refractivity contribution in [1.29, 1.82) is 5.26 Å². The Bertz CT molecular complexity index is 398. The van der Waals surface area contributed by atoms with Crippen LogP contribution in [0.15, 0.2) is 18.2 Å². The SMILES string of the molecule is CCCCCCCCOc1ccc(C#N)c(Cl)c1. The van der Waals surface area contributed by atoms with Crippen LogP contribution < -0.4 is 4.74 Å². The molecule has 0 fully saturated rings. The lowest BCUT2D eigenvalue weighted by molar-refractivity contribution is 0.304. The van der Waals surface area contributed by atoms with Crippen molar-refractivity contribution in [2.75, 3.05) is 6.61 Å². The Morgan fingerprint density at radius 1 is 1.17 bits per heavy atom. The number of benzene rings is 1. The first-order valence-corrected chi connectivity index (χ1v) is 6.98. The smallest absolute Gasteiger partial charge is 0.120 e. The largest absolute Gasteiger partial charge is 0.494 e. The van der Waals surface area contributed by atoms with Gasteiger partial charge in [0.1, 0.15) is 11.8 Å². The van der Waals surface area contributed by atoms with Gasteiger partial charge in [0.05, 0.1) is 17.2 Å². The lowest BCUT2D eigenvalue weighted by atomic mass is 10.1. The summed E-state index contributed by atoms with van der Waals surface area (Å²) in [4.78, 5) is 0. The second-order valence-corrected chi connectivity index (χ2v) is 4.78. The number of hydrogen-bond acceptors (Lipinski definition) is 2. The molecule has 0 N–H and O–H groups in total. The molecule has 0 saturated heterocycles. The summed E-state index contributed by atoms with van der Waals surface area (Å²) in [7, 11) is 0. The van der Waals surface area contributed by atoms with Gasteiger partial charge in [0, 0.05) is 6.07 Å². The van der Waals surface area contributed by atoms with E-state index in [1.807, 2.05) is 6.07 Å². The quantitative estimate of drug-likeness (QED) is 0.623. The molecule has 3 heteroatoms. The lowest BCUT2D eigenvalue weighted by Crippen LogP contribution is -1.97. The second kappa shape index (κ2) is 8.83. The van der Waals surface area contributed by atoms with Crippen LogP contribution in [0.4, 0.5) is 0 Å². The molecular formula is C15H20ClNO. The molecule has 0 radical (unpaired) electrons. The van der Waals surface area contributed by atoms with Crippen LogP contribution in [-0.4, -0.2) is 6.61 Å². The minimum Gasteiger partial charge on any atom is -0.494 e. The molecule has 0 atom stereocenters. The van der Waals surface area contributed by atoms with Gasteiger partial charge in [-0.25, -0.2) is 0 Å². The molecule has 0 unspecified atom stereocenters. The van der Waals surface area contributed by atoms with E-state index in [1.165, 1.54) is 32.1 Å². The Labute approximate surface area is 115 Å². The zero-order valence-electron chi connectivity index (χ0n) is 10.9. The van der Waals surface area contributed by atoms with Crippen LogP contribution in [0, 0.1) is 11.3 Å². The van der Waals surface area contributed by atoms with E-state index in [2.05, 4.69) is 6.92 Å². The summed E-state index contributed by atoms with van der Waals surface area (Å²) >= 11 is 5.92. The number of nitrogens with zero attached hydrogens (tertiary/aromatic N) is 1. The van der Waals surface area contributed by atoms with Crippen molar-refractivity contribution in [3.8, 4) is 11.8 Å². The molecule has 0 bridgehead atoms. The Kier molecular flexibility index (Phi) is 7.29. The summed E-state index contributed by atoms with van der Waals surface area (Å²) in [6.45, 7) is 2.94. The van der Waals surface area contributed by atoms with Gasteiger partial charge in [0.25, 0.3) is 0 Å². The first-order chi connectivity index (χ1) is 8.77.